The van der Waals surface area contributed by atoms with Gasteiger partial charge in [-0.3, -0.25) is 0 Å². The predicted octanol–water partition coefficient (Wildman–Crippen LogP) is 2.39. The van der Waals surface area contributed by atoms with Crippen LogP contribution in [0.15, 0.2) is 18.2 Å². The molecule has 0 bridgehead atoms. The molecule has 1 aliphatic rings. The summed E-state index contributed by atoms with van der Waals surface area (Å²) in [6.07, 6.45) is 3.64. The van der Waals surface area contributed by atoms with Crippen molar-refractivity contribution in [2.24, 2.45) is 0 Å². The summed E-state index contributed by atoms with van der Waals surface area (Å²) in [5.74, 6) is 1.85. The first-order valence-electron chi connectivity index (χ1n) is 6.37. The molecule has 0 saturated carbocycles. The Morgan fingerprint density at radius 3 is 3.12 bits per heavy atom. The van der Waals surface area contributed by atoms with E-state index >= 15 is 0 Å². The maximum Gasteiger partial charge on any atom is 0.126 e. The normalized spacial score (nSPS) is 18.4. The van der Waals surface area contributed by atoms with Crippen molar-refractivity contribution in [1.82, 2.24) is 5.32 Å². The lowest BCUT2D eigenvalue weighted by molar-refractivity contribution is 0.170. The van der Waals surface area contributed by atoms with E-state index in [9.17, 15) is 0 Å². The highest BCUT2D eigenvalue weighted by Gasteiger charge is 2.19. The predicted molar refractivity (Wildman–Crippen MR) is 68.9 cm³/mol. The van der Waals surface area contributed by atoms with Gasteiger partial charge in [0.25, 0.3) is 0 Å². The van der Waals surface area contributed by atoms with Crippen LogP contribution in [0, 0.1) is 0 Å². The number of rotatable bonds is 5. The molecule has 0 fully saturated rings. The molecular weight excluding hydrogens is 214 g/mol. The van der Waals surface area contributed by atoms with E-state index in [0.717, 1.165) is 43.9 Å². The Kier molecular flexibility index (Phi) is 4.26. The second kappa shape index (κ2) is 5.92. The Bertz CT molecular complexity index is 365. The van der Waals surface area contributed by atoms with Gasteiger partial charge < -0.3 is 14.8 Å². The van der Waals surface area contributed by atoms with E-state index in [1.54, 1.807) is 7.11 Å². The first-order valence-corrected chi connectivity index (χ1v) is 6.37. The fraction of sp³-hybridized carbons (Fsp3) is 0.571. The Balaban J connectivity index is 1.96. The summed E-state index contributed by atoms with van der Waals surface area (Å²) in [6, 6.07) is 6.09. The molecule has 94 valence electrons. The van der Waals surface area contributed by atoms with Crippen molar-refractivity contribution in [1.29, 1.82) is 0 Å². The number of ether oxygens (including phenoxy) is 2. The van der Waals surface area contributed by atoms with Crippen molar-refractivity contribution in [2.75, 3.05) is 20.2 Å². The highest BCUT2D eigenvalue weighted by atomic mass is 16.5. The first-order chi connectivity index (χ1) is 8.33. The lowest BCUT2D eigenvalue weighted by Gasteiger charge is -2.26. The van der Waals surface area contributed by atoms with Crippen molar-refractivity contribution in [3.8, 4) is 11.5 Å². The molecule has 0 aliphatic carbocycles. The highest BCUT2D eigenvalue weighted by Crippen LogP contribution is 2.30. The number of fused-ring (bicyclic) bond motifs is 1. The zero-order valence-electron chi connectivity index (χ0n) is 10.7. The smallest absolute Gasteiger partial charge is 0.126 e. The molecule has 0 radical (unpaired) electrons. The summed E-state index contributed by atoms with van der Waals surface area (Å²) < 4.78 is 11.2. The monoisotopic (exact) mass is 235 g/mol. The summed E-state index contributed by atoms with van der Waals surface area (Å²) in [5, 5.41) is 3.41. The van der Waals surface area contributed by atoms with Gasteiger partial charge in [-0.2, -0.15) is 0 Å². The molecule has 0 amide bonds. The molecule has 0 aromatic heterocycles. The lowest BCUT2D eigenvalue weighted by Crippen LogP contribution is -2.34. The van der Waals surface area contributed by atoms with E-state index < -0.39 is 0 Å². The van der Waals surface area contributed by atoms with Gasteiger partial charge in [0.05, 0.1) is 7.11 Å². The molecule has 3 heteroatoms. The molecule has 0 spiro atoms. The van der Waals surface area contributed by atoms with Gasteiger partial charge in [0.1, 0.15) is 17.6 Å². The van der Waals surface area contributed by atoms with E-state index in [2.05, 4.69) is 18.3 Å². The Labute approximate surface area is 103 Å². The van der Waals surface area contributed by atoms with Crippen LogP contribution in [0.2, 0.25) is 0 Å². The SMILES string of the molecule is CCCNC[C@@H]1CCc2ccc(OC)cc2O1. The minimum atomic E-state index is 0.293. The van der Waals surface area contributed by atoms with E-state index in [1.165, 1.54) is 5.56 Å². The van der Waals surface area contributed by atoms with Crippen LogP contribution < -0.4 is 14.8 Å². The van der Waals surface area contributed by atoms with Gasteiger partial charge in [-0.15, -0.1) is 0 Å². The van der Waals surface area contributed by atoms with Gasteiger partial charge in [0.15, 0.2) is 0 Å². The molecule has 17 heavy (non-hydrogen) atoms. The average Bonchev–Trinajstić information content (AvgIpc) is 2.38. The number of methoxy groups -OCH3 is 1. The Hall–Kier alpha value is -1.22. The zero-order valence-corrected chi connectivity index (χ0v) is 10.7. The molecule has 1 aromatic carbocycles. The lowest BCUT2D eigenvalue weighted by atomic mass is 10.0. The van der Waals surface area contributed by atoms with Crippen LogP contribution in [0.4, 0.5) is 0 Å². The molecular formula is C14H21NO2. The maximum atomic E-state index is 5.98. The molecule has 1 N–H and O–H groups in total. The summed E-state index contributed by atoms with van der Waals surface area (Å²) in [4.78, 5) is 0. The van der Waals surface area contributed by atoms with Crippen LogP contribution >= 0.6 is 0 Å². The van der Waals surface area contributed by atoms with E-state index in [4.69, 9.17) is 9.47 Å². The minimum Gasteiger partial charge on any atom is -0.497 e. The van der Waals surface area contributed by atoms with Crippen LogP contribution in [-0.2, 0) is 6.42 Å². The second-order valence-electron chi connectivity index (χ2n) is 4.46. The van der Waals surface area contributed by atoms with Crippen LogP contribution in [0.1, 0.15) is 25.3 Å². The highest BCUT2D eigenvalue weighted by molar-refractivity contribution is 5.42. The molecule has 1 heterocycles. The van der Waals surface area contributed by atoms with E-state index in [0.29, 0.717) is 6.10 Å². The third kappa shape index (κ3) is 3.13. The fourth-order valence-corrected chi connectivity index (χ4v) is 2.12. The summed E-state index contributed by atoms with van der Waals surface area (Å²) >= 11 is 0. The number of nitrogens with one attached hydrogen (secondary N) is 1. The van der Waals surface area contributed by atoms with Crippen LogP contribution in [0.3, 0.4) is 0 Å². The maximum absolute atomic E-state index is 5.98. The van der Waals surface area contributed by atoms with Gasteiger partial charge in [-0.05, 0) is 37.4 Å². The molecule has 0 saturated heterocycles. The number of hydrogen-bond acceptors (Lipinski definition) is 3. The molecule has 1 atom stereocenters. The van der Waals surface area contributed by atoms with Crippen molar-refractivity contribution in [2.45, 2.75) is 32.3 Å². The van der Waals surface area contributed by atoms with Crippen LogP contribution in [-0.4, -0.2) is 26.3 Å². The van der Waals surface area contributed by atoms with Gasteiger partial charge in [0, 0.05) is 12.6 Å². The Morgan fingerprint density at radius 2 is 2.35 bits per heavy atom. The standard InChI is InChI=1S/C14H21NO2/c1-3-8-15-10-13-7-5-11-4-6-12(16-2)9-14(11)17-13/h4,6,9,13,15H,3,5,7-8,10H2,1-2H3/t13-/m0/s1. The molecule has 0 unspecified atom stereocenters. The molecule has 1 aromatic rings. The molecule has 2 rings (SSSR count). The van der Waals surface area contributed by atoms with Gasteiger partial charge >= 0.3 is 0 Å². The average molecular weight is 235 g/mol. The van der Waals surface area contributed by atoms with Crippen molar-refractivity contribution in [3.63, 3.8) is 0 Å². The van der Waals surface area contributed by atoms with E-state index in [1.807, 2.05) is 12.1 Å². The fourth-order valence-electron chi connectivity index (χ4n) is 2.12. The second-order valence-corrected chi connectivity index (χ2v) is 4.46. The molecule has 1 aliphatic heterocycles. The van der Waals surface area contributed by atoms with Crippen LogP contribution in [0.25, 0.3) is 0 Å². The third-order valence-electron chi connectivity index (χ3n) is 3.10. The van der Waals surface area contributed by atoms with E-state index in [-0.39, 0.29) is 0 Å². The minimum absolute atomic E-state index is 0.293. The number of benzene rings is 1. The summed E-state index contributed by atoms with van der Waals surface area (Å²) in [6.45, 7) is 4.17. The largest absolute Gasteiger partial charge is 0.497 e. The van der Waals surface area contributed by atoms with Crippen LogP contribution in [0.5, 0.6) is 11.5 Å². The quantitative estimate of drug-likeness (QED) is 0.795. The van der Waals surface area contributed by atoms with Crippen molar-refractivity contribution < 1.29 is 9.47 Å². The third-order valence-corrected chi connectivity index (χ3v) is 3.10. The summed E-state index contributed by atoms with van der Waals surface area (Å²) in [7, 11) is 1.69. The number of aryl methyl sites for hydroxylation is 1. The molecule has 3 nitrogen and oxygen atoms in total. The van der Waals surface area contributed by atoms with Gasteiger partial charge in [-0.25, -0.2) is 0 Å². The van der Waals surface area contributed by atoms with Crippen molar-refractivity contribution in [3.05, 3.63) is 23.8 Å². The zero-order chi connectivity index (χ0) is 12.1. The Morgan fingerprint density at radius 1 is 1.47 bits per heavy atom. The summed E-state index contributed by atoms with van der Waals surface area (Å²) in [5.41, 5.74) is 1.29. The number of hydrogen-bond donors (Lipinski definition) is 1. The topological polar surface area (TPSA) is 30.5 Å². The van der Waals surface area contributed by atoms with Gasteiger partial charge in [0.2, 0.25) is 0 Å². The van der Waals surface area contributed by atoms with Crippen molar-refractivity contribution >= 4 is 0 Å². The van der Waals surface area contributed by atoms with Gasteiger partial charge in [-0.1, -0.05) is 13.0 Å². The first kappa shape index (κ1) is 12.2.